The number of carbonyl (C=O) groups is 1. The van der Waals surface area contributed by atoms with Gasteiger partial charge in [-0.05, 0) is 29.3 Å². The van der Waals surface area contributed by atoms with E-state index in [4.69, 9.17) is 19.7 Å². The molecule has 25 heavy (non-hydrogen) atoms. The number of azide groups is 1. The molecule has 0 saturated heterocycles. The van der Waals surface area contributed by atoms with Crippen molar-refractivity contribution >= 4 is 11.9 Å². The van der Waals surface area contributed by atoms with E-state index < -0.39 is 0 Å². The second kappa shape index (κ2) is 8.42. The predicted octanol–water partition coefficient (Wildman–Crippen LogP) is 4.25. The molecule has 0 aliphatic heterocycles. The Balaban J connectivity index is 2.54. The van der Waals surface area contributed by atoms with Gasteiger partial charge in [0, 0.05) is 10.5 Å². The number of hydrogen-bond donors (Lipinski definition) is 0. The molecule has 0 saturated carbocycles. The highest BCUT2D eigenvalue weighted by Gasteiger charge is 2.15. The van der Waals surface area contributed by atoms with Gasteiger partial charge < -0.3 is 14.2 Å². The molecule has 7 nitrogen and oxygen atoms in total. The normalized spacial score (nSPS) is 10.6. The van der Waals surface area contributed by atoms with Crippen molar-refractivity contribution in [1.82, 2.24) is 0 Å². The lowest BCUT2D eigenvalue weighted by Gasteiger charge is -2.13. The number of nitrogens with zero attached hydrogens (tertiary/aromatic N) is 3. The number of benzene rings is 2. The molecule has 2 rings (SSSR count). The Morgan fingerprint density at radius 1 is 1.04 bits per heavy atom. The minimum Gasteiger partial charge on any atom is -0.493 e. The molecule has 0 atom stereocenters. The summed E-state index contributed by atoms with van der Waals surface area (Å²) in [7, 11) is 4.49. The van der Waals surface area contributed by atoms with Crippen LogP contribution in [0.25, 0.3) is 16.5 Å². The van der Waals surface area contributed by atoms with E-state index in [0.717, 1.165) is 0 Å². The maximum atomic E-state index is 12.6. The molecule has 128 valence electrons. The highest BCUT2D eigenvalue weighted by Crippen LogP contribution is 2.38. The Kier molecular flexibility index (Phi) is 6.03. The molecule has 0 unspecified atom stereocenters. The highest BCUT2D eigenvalue weighted by molar-refractivity contribution is 6.11. The van der Waals surface area contributed by atoms with E-state index in [1.165, 1.54) is 27.4 Å². The van der Waals surface area contributed by atoms with E-state index in [1.54, 1.807) is 42.5 Å². The summed E-state index contributed by atoms with van der Waals surface area (Å²) in [6.45, 7) is 0. The van der Waals surface area contributed by atoms with E-state index in [1.807, 2.05) is 0 Å². The van der Waals surface area contributed by atoms with E-state index in [9.17, 15) is 4.79 Å². The Bertz CT molecular complexity index is 816. The van der Waals surface area contributed by atoms with Gasteiger partial charge in [-0.3, -0.25) is 4.79 Å². The van der Waals surface area contributed by atoms with Crippen LogP contribution < -0.4 is 14.2 Å². The molecule has 0 aliphatic carbocycles. The summed E-state index contributed by atoms with van der Waals surface area (Å²) in [6, 6.07) is 11.9. The minimum atomic E-state index is -0.382. The first-order valence-electron chi connectivity index (χ1n) is 7.31. The quantitative estimate of drug-likeness (QED) is 0.248. The standard InChI is InChI=1S/C18H17N3O4/c1-23-15-10-12(11-16(24-2)18(15)25-3)9-14(20-21-19)17(22)13-7-5-4-6-8-13/h4-11H,1-3H3/b14-9-. The van der Waals surface area contributed by atoms with Crippen molar-refractivity contribution in [2.75, 3.05) is 21.3 Å². The number of rotatable bonds is 7. The molecule has 0 bridgehead atoms. The number of methoxy groups -OCH3 is 3. The van der Waals surface area contributed by atoms with Crippen LogP contribution in [-0.4, -0.2) is 27.1 Å². The first-order chi connectivity index (χ1) is 12.1. The lowest BCUT2D eigenvalue weighted by molar-refractivity contribution is 0.103. The fourth-order valence-corrected chi connectivity index (χ4v) is 2.27. The second-order valence-electron chi connectivity index (χ2n) is 4.87. The Morgan fingerprint density at radius 2 is 1.64 bits per heavy atom. The zero-order valence-electron chi connectivity index (χ0n) is 14.1. The summed E-state index contributed by atoms with van der Waals surface area (Å²) in [5, 5.41) is 3.53. The summed E-state index contributed by atoms with van der Waals surface area (Å²) in [4.78, 5) is 15.3. The largest absolute Gasteiger partial charge is 0.493 e. The van der Waals surface area contributed by atoms with Crippen molar-refractivity contribution in [2.45, 2.75) is 0 Å². The molecule has 7 heteroatoms. The summed E-state index contributed by atoms with van der Waals surface area (Å²) in [5.41, 5.74) is 9.75. The number of ether oxygens (including phenoxy) is 3. The van der Waals surface area contributed by atoms with Gasteiger partial charge >= 0.3 is 0 Å². The SMILES string of the molecule is COc1cc(/C=C(\N=[N+]=[N-])C(=O)c2ccccc2)cc(OC)c1OC. The molecule has 0 aromatic heterocycles. The molecule has 0 amide bonds. The topological polar surface area (TPSA) is 93.5 Å². The van der Waals surface area contributed by atoms with E-state index in [-0.39, 0.29) is 11.5 Å². The number of ketones is 1. The van der Waals surface area contributed by atoms with Crippen molar-refractivity contribution in [2.24, 2.45) is 5.11 Å². The average Bonchev–Trinajstić information content (AvgIpc) is 2.66. The van der Waals surface area contributed by atoms with Crippen molar-refractivity contribution in [3.8, 4) is 17.2 Å². The number of Topliss-reactive ketones (excluding diaryl/α,β-unsaturated/α-hetero) is 1. The van der Waals surface area contributed by atoms with Crippen LogP contribution in [0.15, 0.2) is 53.3 Å². The smallest absolute Gasteiger partial charge is 0.203 e. The van der Waals surface area contributed by atoms with E-state index >= 15 is 0 Å². The molecule has 0 fully saturated rings. The van der Waals surface area contributed by atoms with Gasteiger partial charge in [0.25, 0.3) is 0 Å². The second-order valence-corrected chi connectivity index (χ2v) is 4.87. The van der Waals surface area contributed by atoms with Crippen LogP contribution in [0.3, 0.4) is 0 Å². The van der Waals surface area contributed by atoms with Crippen LogP contribution in [0.1, 0.15) is 15.9 Å². The van der Waals surface area contributed by atoms with Crippen LogP contribution in [0.5, 0.6) is 17.2 Å². The Morgan fingerprint density at radius 3 is 2.12 bits per heavy atom. The number of hydrogen-bond acceptors (Lipinski definition) is 5. The van der Waals surface area contributed by atoms with Crippen molar-refractivity contribution in [1.29, 1.82) is 0 Å². The third-order valence-corrected chi connectivity index (χ3v) is 3.41. The lowest BCUT2D eigenvalue weighted by atomic mass is 10.1. The van der Waals surface area contributed by atoms with Gasteiger partial charge in [-0.15, -0.1) is 0 Å². The van der Waals surface area contributed by atoms with Crippen molar-refractivity contribution in [3.05, 3.63) is 69.7 Å². The van der Waals surface area contributed by atoms with Crippen molar-refractivity contribution in [3.63, 3.8) is 0 Å². The third-order valence-electron chi connectivity index (χ3n) is 3.41. The van der Waals surface area contributed by atoms with Crippen LogP contribution in [-0.2, 0) is 0 Å². The highest BCUT2D eigenvalue weighted by atomic mass is 16.5. The van der Waals surface area contributed by atoms with E-state index in [0.29, 0.717) is 28.4 Å². The first kappa shape index (κ1) is 17.9. The van der Waals surface area contributed by atoms with Crippen LogP contribution in [0, 0.1) is 0 Å². The van der Waals surface area contributed by atoms with Gasteiger partial charge in [0.1, 0.15) is 0 Å². The maximum absolute atomic E-state index is 12.6. The average molecular weight is 339 g/mol. The predicted molar refractivity (Wildman–Crippen MR) is 94.0 cm³/mol. The van der Waals surface area contributed by atoms with Gasteiger partial charge in [0.05, 0.1) is 27.0 Å². The summed E-state index contributed by atoms with van der Waals surface area (Å²) in [6.07, 6.45) is 1.47. The molecule has 2 aromatic rings. The molecule has 0 aliphatic rings. The van der Waals surface area contributed by atoms with Gasteiger partial charge in [-0.25, -0.2) is 0 Å². The molecule has 0 heterocycles. The maximum Gasteiger partial charge on any atom is 0.203 e. The lowest BCUT2D eigenvalue weighted by Crippen LogP contribution is -2.01. The molecular weight excluding hydrogens is 322 g/mol. The molecule has 0 radical (unpaired) electrons. The fourth-order valence-electron chi connectivity index (χ4n) is 2.27. The number of carbonyl (C=O) groups excluding carboxylic acids is 1. The monoisotopic (exact) mass is 339 g/mol. The van der Waals surface area contributed by atoms with Crippen LogP contribution in [0.4, 0.5) is 0 Å². The van der Waals surface area contributed by atoms with Gasteiger partial charge in [0.15, 0.2) is 17.3 Å². The Hall–Kier alpha value is -3.44. The summed E-state index contributed by atoms with van der Waals surface area (Å²) in [5.74, 6) is 0.912. The fraction of sp³-hybridized carbons (Fsp3) is 0.167. The van der Waals surface area contributed by atoms with Gasteiger partial charge in [0.2, 0.25) is 5.75 Å². The first-order valence-corrected chi connectivity index (χ1v) is 7.31. The molecule has 0 spiro atoms. The minimum absolute atomic E-state index is 0.0389. The van der Waals surface area contributed by atoms with Crippen molar-refractivity contribution < 1.29 is 19.0 Å². The molecular formula is C18H17N3O4. The number of allylic oxidation sites excluding steroid dienone is 1. The van der Waals surface area contributed by atoms with Gasteiger partial charge in [-0.2, -0.15) is 0 Å². The zero-order valence-corrected chi connectivity index (χ0v) is 14.1. The summed E-state index contributed by atoms with van der Waals surface area (Å²) < 4.78 is 15.8. The van der Waals surface area contributed by atoms with Gasteiger partial charge in [-0.1, -0.05) is 35.4 Å². The van der Waals surface area contributed by atoms with E-state index in [2.05, 4.69) is 10.0 Å². The summed E-state index contributed by atoms with van der Waals surface area (Å²) >= 11 is 0. The van der Waals surface area contributed by atoms with Crippen LogP contribution in [0.2, 0.25) is 0 Å². The molecule has 0 N–H and O–H groups in total. The Labute approximate surface area is 145 Å². The third kappa shape index (κ3) is 4.10. The molecule has 2 aromatic carbocycles. The zero-order chi connectivity index (χ0) is 18.2. The van der Waals surface area contributed by atoms with Crippen LogP contribution >= 0.6 is 0 Å².